The number of rotatable bonds is 3. The predicted molar refractivity (Wildman–Crippen MR) is 107 cm³/mol. The van der Waals surface area contributed by atoms with Crippen molar-refractivity contribution in [3.63, 3.8) is 0 Å². The summed E-state index contributed by atoms with van der Waals surface area (Å²) in [6.45, 7) is 0.842. The zero-order valence-electron chi connectivity index (χ0n) is 14.3. The van der Waals surface area contributed by atoms with Gasteiger partial charge in [-0.3, -0.25) is 10.1 Å². The van der Waals surface area contributed by atoms with Gasteiger partial charge >= 0.3 is 0 Å². The van der Waals surface area contributed by atoms with Gasteiger partial charge in [-0.05, 0) is 37.5 Å². The monoisotopic (exact) mass is 402 g/mol. The molecule has 1 aliphatic heterocycles. The Morgan fingerprint density at radius 2 is 1.89 bits per heavy atom. The minimum atomic E-state index is -0.414. The number of anilines is 1. The largest absolute Gasteiger partial charge is 0.370 e. The van der Waals surface area contributed by atoms with E-state index in [1.165, 1.54) is 12.1 Å². The van der Waals surface area contributed by atoms with Crippen LogP contribution in [0.1, 0.15) is 18.4 Å². The molecule has 3 aromatic rings. The van der Waals surface area contributed by atoms with Crippen molar-refractivity contribution >= 4 is 34.7 Å². The molecule has 0 fully saturated rings. The summed E-state index contributed by atoms with van der Waals surface area (Å²) in [5.41, 5.74) is 3.43. The minimum absolute atomic E-state index is 0.0445. The van der Waals surface area contributed by atoms with E-state index in [-0.39, 0.29) is 5.69 Å². The van der Waals surface area contributed by atoms with Gasteiger partial charge in [0.05, 0.1) is 26.3 Å². The number of nitro benzene ring substituents is 1. The first kappa shape index (κ1) is 17.8. The third-order valence-electron chi connectivity index (χ3n) is 4.64. The molecule has 0 atom stereocenters. The van der Waals surface area contributed by atoms with Crippen LogP contribution in [0.15, 0.2) is 42.5 Å². The Labute approximate surface area is 165 Å². The average Bonchev–Trinajstić information content (AvgIpc) is 2.85. The van der Waals surface area contributed by atoms with Gasteiger partial charge in [-0.25, -0.2) is 4.68 Å². The van der Waals surface area contributed by atoms with Crippen LogP contribution < -0.4 is 5.32 Å². The molecule has 0 spiro atoms. The van der Waals surface area contributed by atoms with Crippen molar-refractivity contribution in [2.45, 2.75) is 19.3 Å². The van der Waals surface area contributed by atoms with E-state index in [0.717, 1.165) is 54.1 Å². The number of nitro groups is 1. The molecule has 1 aromatic heterocycles. The standard InChI is InChI=1S/C19H16Cl2N4O2/c20-16-6-3-5-14(17(16)21)18-15-4-1-2-11-22-19(15)24(23-18)12-7-9-13(10-8-12)25(26)27/h3,5-10,22H,1-2,4,11H2. The highest BCUT2D eigenvalue weighted by molar-refractivity contribution is 6.43. The molecule has 27 heavy (non-hydrogen) atoms. The molecule has 0 bridgehead atoms. The highest BCUT2D eigenvalue weighted by Crippen LogP contribution is 2.39. The van der Waals surface area contributed by atoms with Crippen LogP contribution in [0.25, 0.3) is 16.9 Å². The number of nitrogens with one attached hydrogen (secondary N) is 1. The van der Waals surface area contributed by atoms with E-state index in [9.17, 15) is 10.1 Å². The molecule has 6 nitrogen and oxygen atoms in total. The number of nitrogens with zero attached hydrogens (tertiary/aromatic N) is 3. The fourth-order valence-corrected chi connectivity index (χ4v) is 3.70. The molecule has 2 aromatic carbocycles. The SMILES string of the molecule is O=[N+]([O-])c1ccc(-n2nc(-c3cccc(Cl)c3Cl)c3c2NCCCC3)cc1. The molecular weight excluding hydrogens is 387 g/mol. The summed E-state index contributed by atoms with van der Waals surface area (Å²) in [5.74, 6) is 0.896. The predicted octanol–water partition coefficient (Wildman–Crippen LogP) is 5.50. The Morgan fingerprint density at radius 3 is 2.63 bits per heavy atom. The highest BCUT2D eigenvalue weighted by atomic mass is 35.5. The number of halogens is 2. The van der Waals surface area contributed by atoms with Gasteiger partial charge in [0.15, 0.2) is 0 Å². The Kier molecular flexibility index (Phi) is 4.76. The van der Waals surface area contributed by atoms with Crippen LogP contribution in [0.5, 0.6) is 0 Å². The molecule has 0 radical (unpaired) electrons. The number of aromatic nitrogens is 2. The third-order valence-corrected chi connectivity index (χ3v) is 5.46. The number of fused-ring (bicyclic) bond motifs is 1. The maximum Gasteiger partial charge on any atom is 0.269 e. The van der Waals surface area contributed by atoms with Crippen LogP contribution in [-0.2, 0) is 6.42 Å². The van der Waals surface area contributed by atoms with Gasteiger partial charge in [-0.2, -0.15) is 5.10 Å². The normalized spacial score (nSPS) is 13.6. The van der Waals surface area contributed by atoms with Crippen LogP contribution in [0.2, 0.25) is 10.0 Å². The van der Waals surface area contributed by atoms with Crippen LogP contribution >= 0.6 is 23.2 Å². The summed E-state index contributed by atoms with van der Waals surface area (Å²) in [6, 6.07) is 11.9. The van der Waals surface area contributed by atoms with Gasteiger partial charge in [0, 0.05) is 29.8 Å². The Balaban J connectivity index is 1.89. The van der Waals surface area contributed by atoms with Crippen molar-refractivity contribution in [3.05, 3.63) is 68.2 Å². The molecule has 1 aliphatic rings. The molecular formula is C19H16Cl2N4O2. The summed E-state index contributed by atoms with van der Waals surface area (Å²) in [6.07, 6.45) is 2.96. The minimum Gasteiger partial charge on any atom is -0.370 e. The average molecular weight is 403 g/mol. The quantitative estimate of drug-likeness (QED) is 0.463. The maximum atomic E-state index is 10.9. The Hall–Kier alpha value is -2.57. The summed E-state index contributed by atoms with van der Waals surface area (Å²) in [7, 11) is 0. The molecule has 1 N–H and O–H groups in total. The van der Waals surface area contributed by atoms with Gasteiger partial charge in [0.25, 0.3) is 5.69 Å². The van der Waals surface area contributed by atoms with Gasteiger partial charge < -0.3 is 5.32 Å². The van der Waals surface area contributed by atoms with Gasteiger partial charge in [0.1, 0.15) is 5.82 Å². The second-order valence-electron chi connectivity index (χ2n) is 6.35. The molecule has 0 saturated carbocycles. The zero-order chi connectivity index (χ0) is 19.0. The summed E-state index contributed by atoms with van der Waals surface area (Å²) in [5, 5.41) is 20.1. The fourth-order valence-electron chi connectivity index (χ4n) is 3.31. The van der Waals surface area contributed by atoms with Crippen LogP contribution in [-0.4, -0.2) is 21.2 Å². The summed E-state index contributed by atoms with van der Waals surface area (Å²) < 4.78 is 1.79. The maximum absolute atomic E-state index is 10.9. The summed E-state index contributed by atoms with van der Waals surface area (Å²) >= 11 is 12.6. The molecule has 0 aliphatic carbocycles. The van der Waals surface area contributed by atoms with Gasteiger partial charge in [0.2, 0.25) is 0 Å². The van der Waals surface area contributed by atoms with E-state index in [0.29, 0.717) is 10.0 Å². The van der Waals surface area contributed by atoms with Crippen LogP contribution in [0.3, 0.4) is 0 Å². The first-order valence-electron chi connectivity index (χ1n) is 8.61. The van der Waals surface area contributed by atoms with Crippen LogP contribution in [0.4, 0.5) is 11.5 Å². The molecule has 2 heterocycles. The number of benzene rings is 2. The number of non-ortho nitro benzene ring substituents is 1. The first-order chi connectivity index (χ1) is 13.1. The molecule has 4 rings (SSSR count). The molecule has 138 valence electrons. The molecule has 0 saturated heterocycles. The lowest BCUT2D eigenvalue weighted by atomic mass is 10.0. The van der Waals surface area contributed by atoms with E-state index in [1.54, 1.807) is 22.9 Å². The van der Waals surface area contributed by atoms with Gasteiger partial charge in [-0.1, -0.05) is 35.3 Å². The zero-order valence-corrected chi connectivity index (χ0v) is 15.8. The number of hydrogen-bond acceptors (Lipinski definition) is 4. The van der Waals surface area contributed by atoms with E-state index in [4.69, 9.17) is 28.3 Å². The number of hydrogen-bond donors (Lipinski definition) is 1. The van der Waals surface area contributed by atoms with E-state index in [2.05, 4.69) is 5.32 Å². The van der Waals surface area contributed by atoms with E-state index >= 15 is 0 Å². The Morgan fingerprint density at radius 1 is 1.11 bits per heavy atom. The molecule has 0 unspecified atom stereocenters. The van der Waals surface area contributed by atoms with Crippen LogP contribution in [0, 0.1) is 10.1 Å². The lowest BCUT2D eigenvalue weighted by Crippen LogP contribution is -2.07. The van der Waals surface area contributed by atoms with Crippen molar-refractivity contribution in [1.29, 1.82) is 0 Å². The van der Waals surface area contributed by atoms with Crippen molar-refractivity contribution in [2.24, 2.45) is 0 Å². The van der Waals surface area contributed by atoms with Crippen molar-refractivity contribution in [1.82, 2.24) is 9.78 Å². The second-order valence-corrected chi connectivity index (χ2v) is 7.13. The van der Waals surface area contributed by atoms with Crippen molar-refractivity contribution in [2.75, 3.05) is 11.9 Å². The topological polar surface area (TPSA) is 73.0 Å². The summed E-state index contributed by atoms with van der Waals surface area (Å²) in [4.78, 5) is 10.5. The van der Waals surface area contributed by atoms with Gasteiger partial charge in [-0.15, -0.1) is 0 Å². The van der Waals surface area contributed by atoms with E-state index < -0.39 is 4.92 Å². The van der Waals surface area contributed by atoms with Crippen molar-refractivity contribution in [3.8, 4) is 16.9 Å². The fraction of sp³-hybridized carbons (Fsp3) is 0.211. The second kappa shape index (κ2) is 7.21. The highest BCUT2D eigenvalue weighted by Gasteiger charge is 2.23. The smallest absolute Gasteiger partial charge is 0.269 e. The van der Waals surface area contributed by atoms with Crippen molar-refractivity contribution < 1.29 is 4.92 Å². The third kappa shape index (κ3) is 3.26. The molecule has 8 heteroatoms. The van der Waals surface area contributed by atoms with E-state index in [1.807, 2.05) is 12.1 Å². The lowest BCUT2D eigenvalue weighted by molar-refractivity contribution is -0.384. The lowest BCUT2D eigenvalue weighted by Gasteiger charge is -2.09. The molecule has 0 amide bonds. The Bertz CT molecular complexity index is 1020. The first-order valence-corrected chi connectivity index (χ1v) is 9.37.